The number of hydrogen-bond acceptors (Lipinski definition) is 8. The number of primary amides is 1. The van der Waals surface area contributed by atoms with Gasteiger partial charge in [0.25, 0.3) is 0 Å². The first-order chi connectivity index (χ1) is 21.5. The van der Waals surface area contributed by atoms with Gasteiger partial charge in [0, 0.05) is 19.5 Å². The van der Waals surface area contributed by atoms with Crippen LogP contribution in [0.15, 0.2) is 0 Å². The third-order valence-electron chi connectivity index (χ3n) is 8.54. The smallest absolute Gasteiger partial charge is 0.326 e. The SMILES string of the molecule is CC(C)C[C@H](NC(=O)[C@@H](N)C(C)C)C(=O)N1CCC[C@H]1C(=O)N[C@H](C(=O)N1CCC[C@H]1C(=O)N[C@@H](CCC(N)=O)C(=O)O)C(C)C. The van der Waals surface area contributed by atoms with Crippen molar-refractivity contribution in [3.63, 3.8) is 0 Å². The van der Waals surface area contributed by atoms with E-state index in [1.165, 1.54) is 9.80 Å². The van der Waals surface area contributed by atoms with Crippen molar-refractivity contribution >= 4 is 41.4 Å². The fourth-order valence-electron chi connectivity index (χ4n) is 5.82. The lowest BCUT2D eigenvalue weighted by atomic mass is 9.99. The van der Waals surface area contributed by atoms with Gasteiger partial charge in [-0.2, -0.15) is 0 Å². The fourth-order valence-corrected chi connectivity index (χ4v) is 5.82. The third-order valence-corrected chi connectivity index (χ3v) is 8.54. The molecule has 2 saturated heterocycles. The van der Waals surface area contributed by atoms with Gasteiger partial charge in [0.05, 0.1) is 6.04 Å². The van der Waals surface area contributed by atoms with Crippen LogP contribution in [0.2, 0.25) is 0 Å². The van der Waals surface area contributed by atoms with E-state index in [0.29, 0.717) is 38.6 Å². The zero-order valence-corrected chi connectivity index (χ0v) is 27.9. The topological polar surface area (TPSA) is 234 Å². The Morgan fingerprint density at radius 3 is 1.74 bits per heavy atom. The maximum absolute atomic E-state index is 13.8. The molecule has 0 radical (unpaired) electrons. The lowest BCUT2D eigenvalue weighted by Gasteiger charge is -2.33. The molecule has 15 nitrogen and oxygen atoms in total. The van der Waals surface area contributed by atoms with E-state index in [1.54, 1.807) is 13.8 Å². The zero-order valence-electron chi connectivity index (χ0n) is 27.9. The number of carbonyl (C=O) groups excluding carboxylic acids is 6. The summed E-state index contributed by atoms with van der Waals surface area (Å²) < 4.78 is 0. The molecule has 0 aromatic carbocycles. The molecule has 2 heterocycles. The Balaban J connectivity index is 2.18. The number of carboxylic acid groups (broad SMARTS) is 1. The number of aliphatic carboxylic acids is 1. The number of rotatable bonds is 16. The Kier molecular flexibility index (Phi) is 14.4. The minimum absolute atomic E-state index is 0.0712. The Bertz CT molecular complexity index is 1140. The molecular weight excluding hydrogens is 598 g/mol. The van der Waals surface area contributed by atoms with Gasteiger partial charge in [0.1, 0.15) is 30.2 Å². The minimum atomic E-state index is -1.35. The van der Waals surface area contributed by atoms with Crippen molar-refractivity contribution < 1.29 is 38.7 Å². The van der Waals surface area contributed by atoms with Gasteiger partial charge in [-0.3, -0.25) is 28.8 Å². The summed E-state index contributed by atoms with van der Waals surface area (Å²) in [5.74, 6) is -4.96. The van der Waals surface area contributed by atoms with E-state index >= 15 is 0 Å². The molecule has 0 aliphatic carbocycles. The molecule has 2 aliphatic heterocycles. The van der Waals surface area contributed by atoms with Crippen LogP contribution in [-0.2, 0) is 33.6 Å². The van der Waals surface area contributed by atoms with Gasteiger partial charge in [-0.25, -0.2) is 4.79 Å². The van der Waals surface area contributed by atoms with Crippen molar-refractivity contribution in [2.75, 3.05) is 13.1 Å². The van der Waals surface area contributed by atoms with Crippen LogP contribution in [0.1, 0.15) is 86.5 Å². The number of amides is 6. The Morgan fingerprint density at radius 2 is 1.28 bits per heavy atom. The van der Waals surface area contributed by atoms with Crippen molar-refractivity contribution in [3.8, 4) is 0 Å². The highest BCUT2D eigenvalue weighted by molar-refractivity contribution is 5.97. The average Bonchev–Trinajstić information content (AvgIpc) is 3.66. The summed E-state index contributed by atoms with van der Waals surface area (Å²) in [6.07, 6.45) is 1.67. The summed E-state index contributed by atoms with van der Waals surface area (Å²) in [5, 5.41) is 17.5. The Morgan fingerprint density at radius 1 is 0.761 bits per heavy atom. The highest BCUT2D eigenvalue weighted by atomic mass is 16.4. The van der Waals surface area contributed by atoms with Gasteiger partial charge in [-0.05, 0) is 56.3 Å². The Labute approximate surface area is 270 Å². The van der Waals surface area contributed by atoms with Crippen LogP contribution in [0.25, 0.3) is 0 Å². The first-order valence-electron chi connectivity index (χ1n) is 16.2. The summed E-state index contributed by atoms with van der Waals surface area (Å²) in [5.41, 5.74) is 11.1. The summed E-state index contributed by atoms with van der Waals surface area (Å²) in [4.78, 5) is 92.6. The van der Waals surface area contributed by atoms with Gasteiger partial charge in [0.15, 0.2) is 0 Å². The molecule has 0 saturated carbocycles. The molecule has 2 rings (SSSR count). The fraction of sp³-hybridized carbons (Fsp3) is 0.774. The number of nitrogens with one attached hydrogen (secondary N) is 3. The van der Waals surface area contributed by atoms with E-state index in [2.05, 4.69) is 16.0 Å². The number of hydrogen-bond donors (Lipinski definition) is 6. The second-order valence-corrected chi connectivity index (χ2v) is 13.5. The van der Waals surface area contributed by atoms with Crippen LogP contribution in [-0.4, -0.2) is 106 Å². The van der Waals surface area contributed by atoms with Gasteiger partial charge in [-0.1, -0.05) is 41.5 Å². The molecular formula is C31H53N7O8. The van der Waals surface area contributed by atoms with E-state index in [1.807, 2.05) is 27.7 Å². The maximum Gasteiger partial charge on any atom is 0.326 e. The molecule has 15 heteroatoms. The van der Waals surface area contributed by atoms with Crippen molar-refractivity contribution in [2.45, 2.75) is 123 Å². The number of likely N-dealkylation sites (tertiary alicyclic amines) is 2. The third kappa shape index (κ3) is 10.4. The quantitative estimate of drug-likeness (QED) is 0.126. The van der Waals surface area contributed by atoms with E-state index in [-0.39, 0.29) is 43.0 Å². The van der Waals surface area contributed by atoms with E-state index in [9.17, 15) is 38.7 Å². The molecule has 6 amide bonds. The molecule has 2 aliphatic rings. The van der Waals surface area contributed by atoms with Crippen LogP contribution in [0.5, 0.6) is 0 Å². The van der Waals surface area contributed by atoms with E-state index < -0.39 is 71.8 Å². The highest BCUT2D eigenvalue weighted by Crippen LogP contribution is 2.24. The van der Waals surface area contributed by atoms with Crippen molar-refractivity contribution in [1.29, 1.82) is 0 Å². The van der Waals surface area contributed by atoms with Crippen LogP contribution >= 0.6 is 0 Å². The maximum atomic E-state index is 13.8. The first kappa shape index (κ1) is 38.4. The summed E-state index contributed by atoms with van der Waals surface area (Å²) in [6.45, 7) is 11.5. The Hall–Kier alpha value is -3.75. The first-order valence-corrected chi connectivity index (χ1v) is 16.2. The molecule has 0 spiro atoms. The normalized spacial score (nSPS) is 20.7. The van der Waals surface area contributed by atoms with Crippen LogP contribution in [0, 0.1) is 17.8 Å². The second-order valence-electron chi connectivity index (χ2n) is 13.5. The summed E-state index contributed by atoms with van der Waals surface area (Å²) >= 11 is 0. The number of nitrogens with zero attached hydrogens (tertiary/aromatic N) is 2. The van der Waals surface area contributed by atoms with E-state index in [0.717, 1.165) is 0 Å². The predicted molar refractivity (Wildman–Crippen MR) is 168 cm³/mol. The molecule has 46 heavy (non-hydrogen) atoms. The highest BCUT2D eigenvalue weighted by Gasteiger charge is 2.43. The zero-order chi connectivity index (χ0) is 34.9. The molecule has 0 bridgehead atoms. The largest absolute Gasteiger partial charge is 0.480 e. The van der Waals surface area contributed by atoms with Gasteiger partial charge < -0.3 is 42.3 Å². The minimum Gasteiger partial charge on any atom is -0.480 e. The van der Waals surface area contributed by atoms with Gasteiger partial charge in [-0.15, -0.1) is 0 Å². The lowest BCUT2D eigenvalue weighted by molar-refractivity contribution is -0.146. The van der Waals surface area contributed by atoms with Crippen LogP contribution in [0.3, 0.4) is 0 Å². The van der Waals surface area contributed by atoms with Crippen molar-refractivity contribution in [2.24, 2.45) is 29.2 Å². The van der Waals surface area contributed by atoms with Crippen molar-refractivity contribution in [3.05, 3.63) is 0 Å². The number of carbonyl (C=O) groups is 7. The molecule has 0 unspecified atom stereocenters. The van der Waals surface area contributed by atoms with Crippen LogP contribution in [0.4, 0.5) is 0 Å². The van der Waals surface area contributed by atoms with Gasteiger partial charge >= 0.3 is 5.97 Å². The number of nitrogens with two attached hydrogens (primary N) is 2. The molecule has 260 valence electrons. The monoisotopic (exact) mass is 651 g/mol. The molecule has 0 aromatic rings. The summed E-state index contributed by atoms with van der Waals surface area (Å²) in [6, 6.07) is -5.84. The standard InChI is InChI=1S/C31H53N7O8/c1-16(2)15-20(35-28(42)24(33)17(3)4)29(43)37-13-7-10-22(37)27(41)36-25(18(5)6)30(44)38-14-8-9-21(38)26(40)34-19(31(45)46)11-12-23(32)39/h16-22,24-25H,7-15,33H2,1-6H3,(H2,32,39)(H,34,40)(H,35,42)(H,36,41)(H,45,46)/t19-,20-,21-,22-,24-,25-/m0/s1. The predicted octanol–water partition coefficient (Wildman–Crippen LogP) is -0.542. The van der Waals surface area contributed by atoms with E-state index in [4.69, 9.17) is 11.5 Å². The number of carboxylic acids is 1. The molecule has 2 fully saturated rings. The summed E-state index contributed by atoms with van der Waals surface area (Å²) in [7, 11) is 0. The van der Waals surface area contributed by atoms with Crippen LogP contribution < -0.4 is 27.4 Å². The van der Waals surface area contributed by atoms with Crippen molar-refractivity contribution in [1.82, 2.24) is 25.8 Å². The molecule has 0 aromatic heterocycles. The second kappa shape index (κ2) is 17.2. The average molecular weight is 652 g/mol. The van der Waals surface area contributed by atoms with Gasteiger partial charge in [0.2, 0.25) is 35.4 Å². The molecule has 6 atom stereocenters. The lowest BCUT2D eigenvalue weighted by Crippen LogP contribution is -2.60. The molecule has 8 N–H and O–H groups in total.